The molecule has 2 amide bonds. The summed E-state index contributed by atoms with van der Waals surface area (Å²) in [6.45, 7) is 10.3. The van der Waals surface area contributed by atoms with Gasteiger partial charge in [-0.1, -0.05) is 24.3 Å². The van der Waals surface area contributed by atoms with Gasteiger partial charge in [0.1, 0.15) is 12.4 Å². The van der Waals surface area contributed by atoms with Gasteiger partial charge in [0.15, 0.2) is 5.65 Å². The van der Waals surface area contributed by atoms with Crippen LogP contribution in [-0.4, -0.2) is 57.3 Å². The van der Waals surface area contributed by atoms with E-state index in [0.717, 1.165) is 40.4 Å². The molecule has 0 radical (unpaired) electrons. The van der Waals surface area contributed by atoms with Gasteiger partial charge in [0.05, 0.1) is 5.69 Å². The zero-order valence-electron chi connectivity index (χ0n) is 22.9. The highest BCUT2D eigenvalue weighted by Gasteiger charge is 2.14. The van der Waals surface area contributed by atoms with Crippen LogP contribution in [0.25, 0.3) is 16.9 Å². The molecule has 0 atom stereocenters. The minimum Gasteiger partial charge on any atom is -0.492 e. The van der Waals surface area contributed by atoms with E-state index >= 15 is 0 Å². The molecule has 204 valence electrons. The first kappa shape index (κ1) is 26.5. The van der Waals surface area contributed by atoms with Gasteiger partial charge < -0.3 is 20.7 Å². The number of carbonyl (C=O) groups is 1. The molecule has 4 aromatic rings. The third-order valence-electron chi connectivity index (χ3n) is 6.51. The topological polar surface area (TPSA) is 95.8 Å². The van der Waals surface area contributed by atoms with Crippen LogP contribution in [-0.2, 0) is 6.54 Å². The Morgan fingerprint density at radius 3 is 2.54 bits per heavy atom. The molecule has 0 bridgehead atoms. The number of benzene rings is 2. The molecule has 9 heteroatoms. The second-order valence-corrected chi connectivity index (χ2v) is 10.9. The van der Waals surface area contributed by atoms with E-state index in [1.807, 2.05) is 86.0 Å². The maximum atomic E-state index is 12.2. The molecule has 39 heavy (non-hydrogen) atoms. The minimum absolute atomic E-state index is 0.191. The smallest absolute Gasteiger partial charge is 0.315 e. The van der Waals surface area contributed by atoms with Gasteiger partial charge in [-0.05, 0) is 94.7 Å². The Balaban J connectivity index is 1.23. The Morgan fingerprint density at radius 1 is 1.00 bits per heavy atom. The van der Waals surface area contributed by atoms with E-state index < -0.39 is 0 Å². The number of amides is 2. The largest absolute Gasteiger partial charge is 0.492 e. The molecule has 1 aliphatic heterocycles. The van der Waals surface area contributed by atoms with Gasteiger partial charge in [-0.2, -0.15) is 4.98 Å². The molecule has 3 heterocycles. The van der Waals surface area contributed by atoms with Crippen molar-refractivity contribution in [2.45, 2.75) is 45.7 Å². The number of anilines is 2. The van der Waals surface area contributed by atoms with Crippen LogP contribution in [0.2, 0.25) is 0 Å². The summed E-state index contributed by atoms with van der Waals surface area (Å²) in [6.07, 6.45) is 2.58. The lowest BCUT2D eigenvalue weighted by atomic mass is 10.1. The Labute approximate surface area is 229 Å². The fourth-order valence-electron chi connectivity index (χ4n) is 4.65. The van der Waals surface area contributed by atoms with Crippen molar-refractivity contribution in [3.63, 3.8) is 0 Å². The minimum atomic E-state index is -0.288. The summed E-state index contributed by atoms with van der Waals surface area (Å²) in [5.74, 6) is 1.37. The second-order valence-electron chi connectivity index (χ2n) is 10.9. The van der Waals surface area contributed by atoms with Crippen LogP contribution in [0.15, 0.2) is 66.7 Å². The summed E-state index contributed by atoms with van der Waals surface area (Å²) in [5, 5.41) is 13.9. The summed E-state index contributed by atoms with van der Waals surface area (Å²) >= 11 is 0. The van der Waals surface area contributed by atoms with Crippen LogP contribution in [0.5, 0.6) is 5.75 Å². The highest BCUT2D eigenvalue weighted by atomic mass is 16.5. The normalized spacial score (nSPS) is 13.9. The zero-order chi connectivity index (χ0) is 27.2. The number of hydrogen-bond acceptors (Lipinski definition) is 6. The monoisotopic (exact) mass is 527 g/mol. The summed E-state index contributed by atoms with van der Waals surface area (Å²) in [7, 11) is 0. The number of hydrogen-bond donors (Lipinski definition) is 3. The summed E-state index contributed by atoms with van der Waals surface area (Å²) in [6, 6.07) is 21.7. The van der Waals surface area contributed by atoms with E-state index in [4.69, 9.17) is 9.84 Å². The maximum Gasteiger partial charge on any atom is 0.315 e. The molecule has 1 saturated heterocycles. The lowest BCUT2D eigenvalue weighted by Crippen LogP contribution is -2.46. The first-order chi connectivity index (χ1) is 18.8. The lowest BCUT2D eigenvalue weighted by molar-refractivity contribution is 0.231. The van der Waals surface area contributed by atoms with Crippen molar-refractivity contribution in [3.05, 3.63) is 72.3 Å². The van der Waals surface area contributed by atoms with Crippen molar-refractivity contribution in [1.82, 2.24) is 30.1 Å². The molecule has 2 aromatic carbocycles. The number of fused-ring (bicyclic) bond motifs is 1. The molecule has 1 fully saturated rings. The standard InChI is InChI=1S/C30H37N7O2/c1-30(2,3)34-29(38)31-21-22-8-6-9-23(20-22)26-10-7-11-27-33-28(35-37(26)27)32-24-12-14-25(15-13-24)39-19-18-36-16-4-5-17-36/h6-15,20H,4-5,16-19,21H2,1-3H3,(H,32,35)(H2,31,34,38). The molecular formula is C30H37N7O2. The molecule has 9 nitrogen and oxygen atoms in total. The average Bonchev–Trinajstić information content (AvgIpc) is 3.57. The predicted molar refractivity (Wildman–Crippen MR) is 154 cm³/mol. The van der Waals surface area contributed by atoms with Gasteiger partial charge in [-0.25, -0.2) is 9.31 Å². The first-order valence-electron chi connectivity index (χ1n) is 13.6. The lowest BCUT2D eigenvalue weighted by Gasteiger charge is -2.20. The Kier molecular flexibility index (Phi) is 7.97. The van der Waals surface area contributed by atoms with Crippen molar-refractivity contribution in [2.24, 2.45) is 0 Å². The zero-order valence-corrected chi connectivity index (χ0v) is 22.9. The van der Waals surface area contributed by atoms with Gasteiger partial charge in [0.25, 0.3) is 0 Å². The van der Waals surface area contributed by atoms with Crippen LogP contribution >= 0.6 is 0 Å². The summed E-state index contributed by atoms with van der Waals surface area (Å²) in [5.41, 5.74) is 4.24. The van der Waals surface area contributed by atoms with E-state index in [0.29, 0.717) is 19.1 Å². The molecule has 0 saturated carbocycles. The molecule has 1 aliphatic rings. The molecule has 0 aliphatic carbocycles. The SMILES string of the molecule is CC(C)(C)NC(=O)NCc1cccc(-c2cccc3nc(Nc4ccc(OCCN5CCCC5)cc4)nn23)c1. The van der Waals surface area contributed by atoms with Crippen LogP contribution in [0, 0.1) is 0 Å². The van der Waals surface area contributed by atoms with E-state index in [-0.39, 0.29) is 11.6 Å². The van der Waals surface area contributed by atoms with Crippen molar-refractivity contribution in [1.29, 1.82) is 0 Å². The Bertz CT molecular complexity index is 1400. The molecule has 0 unspecified atom stereocenters. The molecule has 0 spiro atoms. The average molecular weight is 528 g/mol. The molecule has 5 rings (SSSR count). The summed E-state index contributed by atoms with van der Waals surface area (Å²) < 4.78 is 7.75. The van der Waals surface area contributed by atoms with Gasteiger partial charge >= 0.3 is 6.03 Å². The predicted octanol–water partition coefficient (Wildman–Crippen LogP) is 5.21. The Hall–Kier alpha value is -4.11. The highest BCUT2D eigenvalue weighted by molar-refractivity contribution is 5.74. The molecular weight excluding hydrogens is 490 g/mol. The van der Waals surface area contributed by atoms with Crippen LogP contribution < -0.4 is 20.7 Å². The number of urea groups is 1. The van der Waals surface area contributed by atoms with Gasteiger partial charge in [-0.3, -0.25) is 4.90 Å². The molecule has 3 N–H and O–H groups in total. The highest BCUT2D eigenvalue weighted by Crippen LogP contribution is 2.24. The van der Waals surface area contributed by atoms with Crippen molar-refractivity contribution in [3.8, 4) is 17.0 Å². The maximum absolute atomic E-state index is 12.2. The van der Waals surface area contributed by atoms with E-state index in [1.54, 1.807) is 0 Å². The number of rotatable bonds is 9. The van der Waals surface area contributed by atoms with E-state index in [2.05, 4.69) is 31.9 Å². The quantitative estimate of drug-likeness (QED) is 0.277. The number of aromatic nitrogens is 3. The van der Waals surface area contributed by atoms with Crippen LogP contribution in [0.3, 0.4) is 0 Å². The van der Waals surface area contributed by atoms with Crippen molar-refractivity contribution >= 4 is 23.3 Å². The van der Waals surface area contributed by atoms with Gasteiger partial charge in [0, 0.05) is 29.9 Å². The van der Waals surface area contributed by atoms with Gasteiger partial charge in [-0.15, -0.1) is 5.10 Å². The van der Waals surface area contributed by atoms with Crippen molar-refractivity contribution < 1.29 is 9.53 Å². The third kappa shape index (κ3) is 7.26. The Morgan fingerprint density at radius 2 is 1.77 bits per heavy atom. The van der Waals surface area contributed by atoms with Crippen LogP contribution in [0.1, 0.15) is 39.2 Å². The number of carbonyl (C=O) groups excluding carboxylic acids is 1. The summed E-state index contributed by atoms with van der Waals surface area (Å²) in [4.78, 5) is 19.3. The third-order valence-corrected chi connectivity index (χ3v) is 6.51. The second kappa shape index (κ2) is 11.7. The fraction of sp³-hybridized carbons (Fsp3) is 0.367. The van der Waals surface area contributed by atoms with E-state index in [9.17, 15) is 4.79 Å². The number of nitrogens with one attached hydrogen (secondary N) is 3. The fourth-order valence-corrected chi connectivity index (χ4v) is 4.65. The van der Waals surface area contributed by atoms with E-state index in [1.165, 1.54) is 25.9 Å². The van der Waals surface area contributed by atoms with Crippen LogP contribution in [0.4, 0.5) is 16.4 Å². The number of ether oxygens (including phenoxy) is 1. The number of pyridine rings is 1. The number of nitrogens with zero attached hydrogens (tertiary/aromatic N) is 4. The molecule has 2 aromatic heterocycles. The van der Waals surface area contributed by atoms with Gasteiger partial charge in [0.2, 0.25) is 5.95 Å². The number of likely N-dealkylation sites (tertiary alicyclic amines) is 1. The van der Waals surface area contributed by atoms with Crippen molar-refractivity contribution in [2.75, 3.05) is 31.6 Å². The first-order valence-corrected chi connectivity index (χ1v) is 13.6.